The number of aromatic nitrogens is 1. The first-order chi connectivity index (χ1) is 19.4. The number of hydrogen-bond donors (Lipinski definition) is 2. The van der Waals surface area contributed by atoms with E-state index in [0.29, 0.717) is 29.8 Å². The van der Waals surface area contributed by atoms with Gasteiger partial charge in [-0.15, -0.1) is 0 Å². The van der Waals surface area contributed by atoms with Gasteiger partial charge in [-0.2, -0.15) is 0 Å². The van der Waals surface area contributed by atoms with Crippen LogP contribution in [0.4, 0.5) is 0 Å². The molecule has 1 aliphatic heterocycles. The number of carboxylic acids is 1. The molecule has 2 amide bonds. The molecule has 41 heavy (non-hydrogen) atoms. The molecule has 5 rings (SSSR count). The van der Waals surface area contributed by atoms with Crippen LogP contribution in [-0.4, -0.2) is 60.0 Å². The Morgan fingerprint density at radius 3 is 2.54 bits per heavy atom. The molecular formula is C28H23Cl2N3O7S. The summed E-state index contributed by atoms with van der Waals surface area (Å²) >= 11 is 13.1. The molecule has 0 unspecified atom stereocenters. The summed E-state index contributed by atoms with van der Waals surface area (Å²) in [7, 11) is -3.62. The molecule has 2 N–H and O–H groups in total. The number of furan rings is 1. The van der Waals surface area contributed by atoms with E-state index in [1.165, 1.54) is 12.1 Å². The third kappa shape index (κ3) is 5.92. The fourth-order valence-electron chi connectivity index (χ4n) is 4.69. The number of pyridine rings is 1. The first-order valence-electron chi connectivity index (χ1n) is 12.4. The Morgan fingerprint density at radius 2 is 1.85 bits per heavy atom. The van der Waals surface area contributed by atoms with Crippen LogP contribution in [0, 0.1) is 0 Å². The Morgan fingerprint density at radius 1 is 1.12 bits per heavy atom. The Bertz CT molecular complexity index is 1820. The number of hydrogen-bond acceptors (Lipinski definition) is 7. The first kappa shape index (κ1) is 28.6. The summed E-state index contributed by atoms with van der Waals surface area (Å²) < 4.78 is 28.6. The second-order valence-electron chi connectivity index (χ2n) is 9.64. The number of carbonyl (C=O) groups excluding carboxylic acids is 2. The molecule has 0 radical (unpaired) electrons. The molecule has 0 saturated carbocycles. The van der Waals surface area contributed by atoms with Gasteiger partial charge in [0, 0.05) is 37.3 Å². The number of benzene rings is 2. The lowest BCUT2D eigenvalue weighted by Crippen LogP contribution is -2.42. The first-order valence-corrected chi connectivity index (χ1v) is 15.0. The van der Waals surface area contributed by atoms with Gasteiger partial charge in [0.1, 0.15) is 17.5 Å². The van der Waals surface area contributed by atoms with E-state index >= 15 is 0 Å². The highest BCUT2D eigenvalue weighted by atomic mass is 35.5. The highest BCUT2D eigenvalue weighted by Gasteiger charge is 2.30. The summed E-state index contributed by atoms with van der Waals surface area (Å²) in [5.74, 6) is -2.37. The third-order valence-corrected chi connectivity index (χ3v) is 8.45. The fraction of sp³-hybridized carbons (Fsp3) is 0.214. The average molecular weight is 616 g/mol. The maximum Gasteiger partial charge on any atom is 0.326 e. The van der Waals surface area contributed by atoms with E-state index in [0.717, 1.165) is 17.0 Å². The van der Waals surface area contributed by atoms with Crippen LogP contribution in [0.25, 0.3) is 10.8 Å². The van der Waals surface area contributed by atoms with Gasteiger partial charge in [0.05, 0.1) is 15.6 Å². The van der Waals surface area contributed by atoms with Crippen molar-refractivity contribution in [3.63, 3.8) is 0 Å². The minimum Gasteiger partial charge on any atom is -0.480 e. The number of sulfone groups is 1. The Kier molecular flexibility index (Phi) is 7.78. The summed E-state index contributed by atoms with van der Waals surface area (Å²) in [4.78, 5) is 44.2. The van der Waals surface area contributed by atoms with Crippen molar-refractivity contribution in [2.24, 2.45) is 0 Å². The molecule has 13 heteroatoms. The molecule has 3 heterocycles. The van der Waals surface area contributed by atoms with Crippen LogP contribution in [-0.2, 0) is 34.0 Å². The number of aliphatic carboxylic acids is 1. The van der Waals surface area contributed by atoms with Crippen molar-refractivity contribution in [3.8, 4) is 0 Å². The molecular weight excluding hydrogens is 593 g/mol. The van der Waals surface area contributed by atoms with Crippen LogP contribution in [0.5, 0.6) is 0 Å². The minimum absolute atomic E-state index is 0.00845. The second-order valence-corrected chi connectivity index (χ2v) is 12.4. The summed E-state index contributed by atoms with van der Waals surface area (Å²) in [5, 5.41) is 13.6. The lowest BCUT2D eigenvalue weighted by atomic mass is 9.96. The maximum absolute atomic E-state index is 13.2. The molecule has 0 aliphatic carbocycles. The van der Waals surface area contributed by atoms with Crippen molar-refractivity contribution in [2.75, 3.05) is 12.8 Å². The third-order valence-electron chi connectivity index (χ3n) is 6.78. The topological polar surface area (TPSA) is 147 Å². The van der Waals surface area contributed by atoms with Crippen molar-refractivity contribution in [1.82, 2.24) is 15.2 Å². The second kappa shape index (κ2) is 11.2. The molecule has 1 atom stereocenters. The van der Waals surface area contributed by atoms with Crippen molar-refractivity contribution >= 4 is 61.6 Å². The van der Waals surface area contributed by atoms with Crippen LogP contribution < -0.4 is 5.32 Å². The zero-order valence-corrected chi connectivity index (χ0v) is 23.9. The van der Waals surface area contributed by atoms with E-state index in [9.17, 15) is 27.9 Å². The number of carboxylic acid groups (broad SMARTS) is 1. The molecule has 2 aromatic carbocycles. The van der Waals surface area contributed by atoms with E-state index in [2.05, 4.69) is 10.3 Å². The quantitative estimate of drug-likeness (QED) is 0.315. The standard InChI is InChI=1S/C28H23Cl2N3O7S/c1-41(38,39)23-7-6-18(40-23)12-22(28(36)37)32-26(34)24-20(29)10-17-14-33(9-8-19(17)25(24)30)27(35)21-11-15-4-2-3-5-16(15)13-31-21/h2-7,10-11,13,22H,8-9,12,14H2,1H3,(H,32,34)(H,36,37)/t22-/m0/s1. The van der Waals surface area contributed by atoms with Crippen LogP contribution in [0.1, 0.15) is 37.7 Å². The highest BCUT2D eigenvalue weighted by Crippen LogP contribution is 2.35. The molecule has 10 nitrogen and oxygen atoms in total. The number of amides is 2. The van der Waals surface area contributed by atoms with Gasteiger partial charge >= 0.3 is 5.97 Å². The van der Waals surface area contributed by atoms with Gasteiger partial charge in [0.25, 0.3) is 11.8 Å². The smallest absolute Gasteiger partial charge is 0.326 e. The predicted octanol–water partition coefficient (Wildman–Crippen LogP) is 4.16. The van der Waals surface area contributed by atoms with Gasteiger partial charge in [-0.05, 0) is 47.2 Å². The Hall–Kier alpha value is -3.93. The highest BCUT2D eigenvalue weighted by molar-refractivity contribution is 7.90. The minimum atomic E-state index is -3.62. The Labute approximate surface area is 244 Å². The van der Waals surface area contributed by atoms with Crippen molar-refractivity contribution < 1.29 is 32.3 Å². The number of halogens is 2. The SMILES string of the molecule is CS(=O)(=O)c1ccc(C[C@H](NC(=O)c2c(Cl)cc3c(c2Cl)CCN(C(=O)c2cc4ccccc4cn2)C3)C(=O)O)o1. The van der Waals surface area contributed by atoms with Crippen LogP contribution in [0.3, 0.4) is 0 Å². The summed E-state index contributed by atoms with van der Waals surface area (Å²) in [6.07, 6.45) is 2.65. The van der Waals surface area contributed by atoms with E-state index in [1.807, 2.05) is 24.3 Å². The summed E-state index contributed by atoms with van der Waals surface area (Å²) in [5.41, 5.74) is 1.51. The zero-order chi connectivity index (χ0) is 29.5. The number of fused-ring (bicyclic) bond motifs is 2. The average Bonchev–Trinajstić information content (AvgIpc) is 3.41. The van der Waals surface area contributed by atoms with Gasteiger partial charge < -0.3 is 19.7 Å². The van der Waals surface area contributed by atoms with Gasteiger partial charge in [-0.25, -0.2) is 13.2 Å². The molecule has 0 bridgehead atoms. The van der Waals surface area contributed by atoms with Crippen molar-refractivity contribution in [2.45, 2.75) is 30.5 Å². The molecule has 212 valence electrons. The number of nitrogens with one attached hydrogen (secondary N) is 1. The summed E-state index contributed by atoms with van der Waals surface area (Å²) in [6, 6.07) is 12.0. The predicted molar refractivity (Wildman–Crippen MR) is 151 cm³/mol. The van der Waals surface area contributed by atoms with Gasteiger partial charge in [-0.1, -0.05) is 47.5 Å². The van der Waals surface area contributed by atoms with Crippen LogP contribution >= 0.6 is 23.2 Å². The largest absolute Gasteiger partial charge is 0.480 e. The maximum atomic E-state index is 13.2. The number of nitrogens with zero attached hydrogens (tertiary/aromatic N) is 2. The normalized spacial score (nSPS) is 14.0. The van der Waals surface area contributed by atoms with E-state index in [-0.39, 0.29) is 45.3 Å². The lowest BCUT2D eigenvalue weighted by molar-refractivity contribution is -0.139. The van der Waals surface area contributed by atoms with Gasteiger partial charge in [0.2, 0.25) is 14.9 Å². The zero-order valence-electron chi connectivity index (χ0n) is 21.6. The van der Waals surface area contributed by atoms with Crippen molar-refractivity contribution in [3.05, 3.63) is 92.9 Å². The lowest BCUT2D eigenvalue weighted by Gasteiger charge is -2.30. The van der Waals surface area contributed by atoms with Gasteiger partial charge in [0.15, 0.2) is 0 Å². The molecule has 2 aromatic heterocycles. The molecule has 0 fully saturated rings. The van der Waals surface area contributed by atoms with Crippen LogP contribution in [0.2, 0.25) is 10.0 Å². The summed E-state index contributed by atoms with van der Waals surface area (Å²) in [6.45, 7) is 0.518. The number of rotatable bonds is 7. The van der Waals surface area contributed by atoms with E-state index < -0.39 is 27.8 Å². The van der Waals surface area contributed by atoms with Crippen LogP contribution in [0.15, 0.2) is 64.2 Å². The van der Waals surface area contributed by atoms with E-state index in [1.54, 1.807) is 23.2 Å². The van der Waals surface area contributed by atoms with Gasteiger partial charge in [-0.3, -0.25) is 14.6 Å². The molecule has 0 spiro atoms. The van der Waals surface area contributed by atoms with Crippen molar-refractivity contribution in [1.29, 1.82) is 0 Å². The molecule has 1 aliphatic rings. The Balaban J connectivity index is 1.34. The molecule has 0 saturated heterocycles. The fourth-order valence-corrected chi connectivity index (χ4v) is 6.03. The molecule has 4 aromatic rings. The van der Waals surface area contributed by atoms with E-state index in [4.69, 9.17) is 27.6 Å². The monoisotopic (exact) mass is 615 g/mol. The number of carbonyl (C=O) groups is 3.